The highest BCUT2D eigenvalue weighted by atomic mass is 32.2. The summed E-state index contributed by atoms with van der Waals surface area (Å²) in [6, 6.07) is 9.05. The molecular formula is C23H28FN3O4S. The van der Waals surface area contributed by atoms with Gasteiger partial charge in [-0.3, -0.25) is 4.72 Å². The summed E-state index contributed by atoms with van der Waals surface area (Å²) in [5, 5.41) is 9.42. The van der Waals surface area contributed by atoms with Gasteiger partial charge in [-0.05, 0) is 87.2 Å². The van der Waals surface area contributed by atoms with Crippen LogP contribution in [0.25, 0.3) is 0 Å². The summed E-state index contributed by atoms with van der Waals surface area (Å²) >= 11 is 0. The van der Waals surface area contributed by atoms with Crippen LogP contribution in [-0.2, 0) is 10.0 Å². The van der Waals surface area contributed by atoms with Gasteiger partial charge in [0.2, 0.25) is 0 Å². The minimum Gasteiger partial charge on any atom is -0.478 e. The Morgan fingerprint density at radius 2 is 1.78 bits per heavy atom. The molecule has 0 saturated carbocycles. The van der Waals surface area contributed by atoms with Crippen LogP contribution >= 0.6 is 0 Å². The maximum Gasteiger partial charge on any atom is 0.335 e. The fourth-order valence-electron chi connectivity index (χ4n) is 4.61. The Balaban J connectivity index is 1.60. The van der Waals surface area contributed by atoms with Crippen molar-refractivity contribution in [2.24, 2.45) is 5.92 Å². The van der Waals surface area contributed by atoms with Crippen LogP contribution in [0.15, 0.2) is 47.4 Å². The van der Waals surface area contributed by atoms with E-state index in [9.17, 15) is 22.7 Å². The molecular weight excluding hydrogens is 433 g/mol. The largest absolute Gasteiger partial charge is 0.478 e. The second kappa shape index (κ2) is 9.46. The molecule has 2 aliphatic heterocycles. The van der Waals surface area contributed by atoms with Gasteiger partial charge < -0.3 is 14.9 Å². The van der Waals surface area contributed by atoms with Crippen molar-refractivity contribution < 1.29 is 22.7 Å². The quantitative estimate of drug-likeness (QED) is 0.654. The Kier molecular flexibility index (Phi) is 6.66. The van der Waals surface area contributed by atoms with Crippen LogP contribution in [0.3, 0.4) is 0 Å². The van der Waals surface area contributed by atoms with E-state index in [2.05, 4.69) is 14.5 Å². The van der Waals surface area contributed by atoms with Crippen molar-refractivity contribution in [3.63, 3.8) is 0 Å². The van der Waals surface area contributed by atoms with Gasteiger partial charge in [0.1, 0.15) is 5.82 Å². The van der Waals surface area contributed by atoms with Gasteiger partial charge in [0.25, 0.3) is 10.0 Å². The minimum atomic E-state index is -4.01. The van der Waals surface area contributed by atoms with Crippen molar-refractivity contribution in [1.29, 1.82) is 0 Å². The van der Waals surface area contributed by atoms with Crippen molar-refractivity contribution in [3.05, 3.63) is 53.8 Å². The molecule has 1 atom stereocenters. The molecule has 1 unspecified atom stereocenters. The lowest BCUT2D eigenvalue weighted by Gasteiger charge is -2.37. The van der Waals surface area contributed by atoms with Gasteiger partial charge in [-0.15, -0.1) is 0 Å². The van der Waals surface area contributed by atoms with Gasteiger partial charge in [-0.1, -0.05) is 0 Å². The van der Waals surface area contributed by atoms with Crippen LogP contribution in [0, 0.1) is 11.7 Å². The summed E-state index contributed by atoms with van der Waals surface area (Å²) in [4.78, 5) is 16.1. The van der Waals surface area contributed by atoms with E-state index in [4.69, 9.17) is 0 Å². The fraction of sp³-hybridized carbons (Fsp3) is 0.435. The molecule has 2 saturated heterocycles. The molecule has 2 fully saturated rings. The van der Waals surface area contributed by atoms with E-state index < -0.39 is 21.8 Å². The van der Waals surface area contributed by atoms with E-state index in [1.165, 1.54) is 37.1 Å². The predicted octanol–water partition coefficient (Wildman–Crippen LogP) is 3.64. The van der Waals surface area contributed by atoms with E-state index in [-0.39, 0.29) is 16.1 Å². The summed E-state index contributed by atoms with van der Waals surface area (Å²) in [5.41, 5.74) is 0.874. The van der Waals surface area contributed by atoms with E-state index >= 15 is 0 Å². The van der Waals surface area contributed by atoms with Crippen LogP contribution in [0.2, 0.25) is 0 Å². The number of carbonyl (C=O) groups is 1. The zero-order valence-corrected chi connectivity index (χ0v) is 18.7. The maximum atomic E-state index is 13.2. The molecule has 0 spiro atoms. The highest BCUT2D eigenvalue weighted by Crippen LogP contribution is 2.33. The Morgan fingerprint density at radius 3 is 2.47 bits per heavy atom. The van der Waals surface area contributed by atoms with Crippen LogP contribution < -0.4 is 9.62 Å². The third-order valence-electron chi connectivity index (χ3n) is 6.19. The fourth-order valence-corrected chi connectivity index (χ4v) is 5.67. The van der Waals surface area contributed by atoms with E-state index in [1.807, 2.05) is 0 Å². The van der Waals surface area contributed by atoms with Crippen LogP contribution in [-0.4, -0.2) is 57.1 Å². The van der Waals surface area contributed by atoms with Gasteiger partial charge in [0.15, 0.2) is 0 Å². The number of rotatable bonds is 7. The molecule has 2 N–H and O–H groups in total. The van der Waals surface area contributed by atoms with Crippen molar-refractivity contribution in [1.82, 2.24) is 4.90 Å². The highest BCUT2D eigenvalue weighted by molar-refractivity contribution is 7.92. The molecule has 2 heterocycles. The molecule has 0 aromatic heterocycles. The molecule has 7 nitrogen and oxygen atoms in total. The molecule has 2 aromatic carbocycles. The lowest BCUT2D eigenvalue weighted by molar-refractivity contribution is 0.0697. The first-order valence-electron chi connectivity index (χ1n) is 10.9. The van der Waals surface area contributed by atoms with E-state index in [0.29, 0.717) is 11.6 Å². The Morgan fingerprint density at radius 1 is 1.06 bits per heavy atom. The number of aromatic carboxylic acids is 1. The summed E-state index contributed by atoms with van der Waals surface area (Å²) in [6.07, 6.45) is 4.59. The monoisotopic (exact) mass is 461 g/mol. The average molecular weight is 462 g/mol. The standard InChI is InChI=1S/C23H28FN3O4S/c24-19-6-8-20(9-7-19)32(30,31)25-21-14-18(23(28)29)5-10-22(21)27-13-3-4-17(16-27)15-26-11-1-2-12-26/h5-10,14,17,25H,1-4,11-13,15-16H2,(H,28,29). The zero-order chi connectivity index (χ0) is 22.7. The first-order valence-corrected chi connectivity index (χ1v) is 12.4. The highest BCUT2D eigenvalue weighted by Gasteiger charge is 2.26. The second-order valence-corrected chi connectivity index (χ2v) is 10.2. The minimum absolute atomic E-state index is 0.00353. The molecule has 0 bridgehead atoms. The first-order chi connectivity index (χ1) is 15.3. The number of carboxylic acids is 1. The first kappa shape index (κ1) is 22.5. The number of nitrogens with zero attached hydrogens (tertiary/aromatic N) is 2. The van der Waals surface area contributed by atoms with E-state index in [1.54, 1.807) is 6.07 Å². The van der Waals surface area contributed by atoms with E-state index in [0.717, 1.165) is 57.7 Å². The van der Waals surface area contributed by atoms with Crippen molar-refractivity contribution in [3.8, 4) is 0 Å². The number of carboxylic acid groups (broad SMARTS) is 1. The predicted molar refractivity (Wildman–Crippen MR) is 121 cm³/mol. The zero-order valence-electron chi connectivity index (χ0n) is 17.8. The molecule has 0 amide bonds. The summed E-state index contributed by atoms with van der Waals surface area (Å²) in [6.45, 7) is 4.85. The molecule has 2 aliphatic rings. The third kappa shape index (κ3) is 5.21. The molecule has 172 valence electrons. The molecule has 2 aromatic rings. The number of nitrogens with one attached hydrogen (secondary N) is 1. The molecule has 0 aliphatic carbocycles. The number of piperidine rings is 1. The third-order valence-corrected chi connectivity index (χ3v) is 7.57. The van der Waals surface area contributed by atoms with Gasteiger partial charge in [-0.25, -0.2) is 17.6 Å². The normalized spacial score (nSPS) is 19.8. The van der Waals surface area contributed by atoms with Crippen LogP contribution in [0.1, 0.15) is 36.0 Å². The number of halogens is 1. The number of sulfonamides is 1. The lowest BCUT2D eigenvalue weighted by Crippen LogP contribution is -2.40. The van der Waals surface area contributed by atoms with Crippen molar-refractivity contribution in [2.75, 3.05) is 42.3 Å². The van der Waals surface area contributed by atoms with Gasteiger partial charge in [0, 0.05) is 19.6 Å². The number of benzene rings is 2. The smallest absolute Gasteiger partial charge is 0.335 e. The van der Waals surface area contributed by atoms with Crippen molar-refractivity contribution >= 4 is 27.4 Å². The van der Waals surface area contributed by atoms with Gasteiger partial charge >= 0.3 is 5.97 Å². The summed E-state index contributed by atoms with van der Waals surface area (Å²) in [5.74, 6) is -1.19. The van der Waals surface area contributed by atoms with Crippen LogP contribution in [0.4, 0.5) is 15.8 Å². The molecule has 0 radical (unpaired) electrons. The summed E-state index contributed by atoms with van der Waals surface area (Å²) in [7, 11) is -4.01. The van der Waals surface area contributed by atoms with Gasteiger partial charge in [0.05, 0.1) is 21.8 Å². The Labute approximate surface area is 187 Å². The summed E-state index contributed by atoms with van der Waals surface area (Å²) < 4.78 is 41.6. The number of likely N-dealkylation sites (tertiary alicyclic amines) is 1. The molecule has 9 heteroatoms. The number of hydrogen-bond donors (Lipinski definition) is 2. The number of anilines is 2. The molecule has 32 heavy (non-hydrogen) atoms. The average Bonchev–Trinajstić information content (AvgIpc) is 3.27. The second-order valence-electron chi connectivity index (χ2n) is 8.56. The SMILES string of the molecule is O=C(O)c1ccc(N2CCCC(CN3CCCC3)C2)c(NS(=O)(=O)c2ccc(F)cc2)c1. The topological polar surface area (TPSA) is 89.9 Å². The lowest BCUT2D eigenvalue weighted by atomic mass is 9.96. The van der Waals surface area contributed by atoms with Crippen molar-refractivity contribution in [2.45, 2.75) is 30.6 Å². The Bertz CT molecular complexity index is 1070. The number of hydrogen-bond acceptors (Lipinski definition) is 5. The molecule has 4 rings (SSSR count). The maximum absolute atomic E-state index is 13.2. The van der Waals surface area contributed by atoms with Crippen LogP contribution in [0.5, 0.6) is 0 Å². The Hall–Kier alpha value is -2.65. The van der Waals surface area contributed by atoms with Gasteiger partial charge in [-0.2, -0.15) is 0 Å².